The Kier molecular flexibility index (Phi) is 5.57. The lowest BCUT2D eigenvalue weighted by molar-refractivity contribution is -0.117. The van der Waals surface area contributed by atoms with E-state index in [0.29, 0.717) is 30.2 Å². The van der Waals surface area contributed by atoms with E-state index in [1.54, 1.807) is 24.3 Å². The highest BCUT2D eigenvalue weighted by Gasteiger charge is 2.14. The smallest absolute Gasteiger partial charge is 0.226 e. The minimum atomic E-state index is -0.0773. The molecule has 1 N–H and O–H groups in total. The lowest BCUT2D eigenvalue weighted by atomic mass is 10.1. The molecule has 1 aliphatic carbocycles. The van der Waals surface area contributed by atoms with Gasteiger partial charge in [0.15, 0.2) is 0 Å². The number of ether oxygens (including phenoxy) is 1. The van der Waals surface area contributed by atoms with Crippen LogP contribution in [-0.2, 0) is 9.53 Å². The summed E-state index contributed by atoms with van der Waals surface area (Å²) in [6, 6.07) is 8.95. The molecular weight excluding hydrogens is 252 g/mol. The minimum absolute atomic E-state index is 0.0773. The lowest BCUT2D eigenvalue weighted by Crippen LogP contribution is -2.15. The molecule has 1 fully saturated rings. The number of nitrogens with zero attached hydrogens (tertiary/aromatic N) is 1. The van der Waals surface area contributed by atoms with Gasteiger partial charge in [-0.2, -0.15) is 5.26 Å². The molecule has 0 aromatic heterocycles. The van der Waals surface area contributed by atoms with Gasteiger partial charge in [0.25, 0.3) is 0 Å². The molecule has 0 bridgehead atoms. The Morgan fingerprint density at radius 1 is 1.40 bits per heavy atom. The molecule has 2 rings (SSSR count). The first-order chi connectivity index (χ1) is 9.78. The van der Waals surface area contributed by atoms with E-state index in [2.05, 4.69) is 5.32 Å². The molecule has 4 heteroatoms. The third kappa shape index (κ3) is 4.67. The van der Waals surface area contributed by atoms with Gasteiger partial charge < -0.3 is 10.1 Å². The second-order valence-corrected chi connectivity index (χ2v) is 5.22. The first-order valence-corrected chi connectivity index (χ1v) is 7.15. The third-order valence-electron chi connectivity index (χ3n) is 3.58. The summed E-state index contributed by atoms with van der Waals surface area (Å²) in [5, 5.41) is 11.6. The van der Waals surface area contributed by atoms with Crippen molar-refractivity contribution in [3.05, 3.63) is 29.8 Å². The van der Waals surface area contributed by atoms with E-state index in [9.17, 15) is 4.79 Å². The van der Waals surface area contributed by atoms with Crippen molar-refractivity contribution in [2.24, 2.45) is 5.92 Å². The van der Waals surface area contributed by atoms with Gasteiger partial charge in [-0.15, -0.1) is 0 Å². The Morgan fingerprint density at radius 2 is 2.20 bits per heavy atom. The Bertz CT molecular complexity index is 487. The molecule has 0 unspecified atom stereocenters. The van der Waals surface area contributed by atoms with Crippen molar-refractivity contribution in [3.8, 4) is 6.07 Å². The monoisotopic (exact) mass is 272 g/mol. The van der Waals surface area contributed by atoms with Crippen LogP contribution in [0.25, 0.3) is 0 Å². The van der Waals surface area contributed by atoms with E-state index in [1.165, 1.54) is 25.7 Å². The molecule has 1 saturated carbocycles. The number of rotatable bonds is 6. The van der Waals surface area contributed by atoms with Gasteiger partial charge in [0.1, 0.15) is 0 Å². The summed E-state index contributed by atoms with van der Waals surface area (Å²) in [6.45, 7) is 1.23. The number of carbonyl (C=O) groups is 1. The lowest BCUT2D eigenvalue weighted by Gasteiger charge is -2.10. The second-order valence-electron chi connectivity index (χ2n) is 5.22. The summed E-state index contributed by atoms with van der Waals surface area (Å²) in [6.07, 6.45) is 5.48. The zero-order chi connectivity index (χ0) is 14.2. The summed E-state index contributed by atoms with van der Waals surface area (Å²) in [5.74, 6) is 0.608. The van der Waals surface area contributed by atoms with Crippen LogP contribution in [0, 0.1) is 17.2 Å². The number of hydrogen-bond acceptors (Lipinski definition) is 3. The molecule has 1 aromatic carbocycles. The molecule has 1 aliphatic rings. The predicted octanol–water partition coefficient (Wildman–Crippen LogP) is 3.09. The highest BCUT2D eigenvalue weighted by molar-refractivity contribution is 5.90. The zero-order valence-electron chi connectivity index (χ0n) is 11.6. The topological polar surface area (TPSA) is 62.1 Å². The molecule has 1 aromatic rings. The molecule has 1 amide bonds. The van der Waals surface area contributed by atoms with Crippen LogP contribution in [0.5, 0.6) is 0 Å². The van der Waals surface area contributed by atoms with Crippen LogP contribution in [0.2, 0.25) is 0 Å². The van der Waals surface area contributed by atoms with Crippen LogP contribution in [0.4, 0.5) is 5.69 Å². The average molecular weight is 272 g/mol. The molecular formula is C16H20N2O2. The number of benzene rings is 1. The van der Waals surface area contributed by atoms with E-state index in [0.717, 1.165) is 6.61 Å². The number of amides is 1. The van der Waals surface area contributed by atoms with E-state index < -0.39 is 0 Å². The molecule has 0 atom stereocenters. The molecule has 0 saturated heterocycles. The Morgan fingerprint density at radius 3 is 2.95 bits per heavy atom. The maximum atomic E-state index is 11.7. The standard InChI is InChI=1S/C16H20N2O2/c17-11-14-6-3-7-15(10-14)18-16(19)8-9-20-12-13-4-1-2-5-13/h3,6-7,10,13H,1-2,4-5,8-9,12H2,(H,18,19). The second kappa shape index (κ2) is 7.66. The highest BCUT2D eigenvalue weighted by Crippen LogP contribution is 2.24. The normalized spacial score (nSPS) is 14.9. The molecule has 0 heterocycles. The van der Waals surface area contributed by atoms with Crippen molar-refractivity contribution in [2.75, 3.05) is 18.5 Å². The number of carbonyl (C=O) groups excluding carboxylic acids is 1. The fourth-order valence-corrected chi connectivity index (χ4v) is 2.48. The van der Waals surface area contributed by atoms with Crippen molar-refractivity contribution in [3.63, 3.8) is 0 Å². The first kappa shape index (κ1) is 14.5. The van der Waals surface area contributed by atoms with Gasteiger partial charge in [-0.3, -0.25) is 4.79 Å². The molecule has 0 aliphatic heterocycles. The minimum Gasteiger partial charge on any atom is -0.381 e. The molecule has 0 spiro atoms. The average Bonchev–Trinajstić information content (AvgIpc) is 2.97. The molecule has 20 heavy (non-hydrogen) atoms. The van der Waals surface area contributed by atoms with Gasteiger partial charge in [0.2, 0.25) is 5.91 Å². The van der Waals surface area contributed by atoms with Gasteiger partial charge >= 0.3 is 0 Å². The zero-order valence-corrected chi connectivity index (χ0v) is 11.6. The number of anilines is 1. The van der Waals surface area contributed by atoms with E-state index in [-0.39, 0.29) is 5.91 Å². The Balaban J connectivity index is 1.65. The third-order valence-corrected chi connectivity index (χ3v) is 3.58. The summed E-state index contributed by atoms with van der Waals surface area (Å²) in [7, 11) is 0. The van der Waals surface area contributed by atoms with Crippen molar-refractivity contribution < 1.29 is 9.53 Å². The maximum Gasteiger partial charge on any atom is 0.226 e. The van der Waals surface area contributed by atoms with Gasteiger partial charge in [-0.1, -0.05) is 18.9 Å². The van der Waals surface area contributed by atoms with Crippen LogP contribution < -0.4 is 5.32 Å². The summed E-state index contributed by atoms with van der Waals surface area (Å²) in [5.41, 5.74) is 1.20. The quantitative estimate of drug-likeness (QED) is 0.809. The highest BCUT2D eigenvalue weighted by atomic mass is 16.5. The van der Waals surface area contributed by atoms with Crippen LogP contribution in [0.3, 0.4) is 0 Å². The van der Waals surface area contributed by atoms with Gasteiger partial charge in [0.05, 0.1) is 24.7 Å². The fraction of sp³-hybridized carbons (Fsp3) is 0.500. The van der Waals surface area contributed by atoms with Gasteiger partial charge in [-0.25, -0.2) is 0 Å². The molecule has 4 nitrogen and oxygen atoms in total. The number of nitriles is 1. The predicted molar refractivity (Wildman–Crippen MR) is 77.2 cm³/mol. The van der Waals surface area contributed by atoms with Crippen molar-refractivity contribution in [1.82, 2.24) is 0 Å². The van der Waals surface area contributed by atoms with E-state index in [1.807, 2.05) is 6.07 Å². The van der Waals surface area contributed by atoms with Gasteiger partial charge in [-0.05, 0) is 37.0 Å². The van der Waals surface area contributed by atoms with E-state index in [4.69, 9.17) is 10.00 Å². The number of hydrogen-bond donors (Lipinski definition) is 1. The molecule has 106 valence electrons. The van der Waals surface area contributed by atoms with Crippen LogP contribution >= 0.6 is 0 Å². The van der Waals surface area contributed by atoms with Crippen LogP contribution in [0.15, 0.2) is 24.3 Å². The van der Waals surface area contributed by atoms with Crippen molar-refractivity contribution >= 4 is 11.6 Å². The summed E-state index contributed by atoms with van der Waals surface area (Å²) < 4.78 is 5.56. The van der Waals surface area contributed by atoms with Crippen LogP contribution in [-0.4, -0.2) is 19.1 Å². The van der Waals surface area contributed by atoms with Gasteiger partial charge in [0, 0.05) is 12.3 Å². The Hall–Kier alpha value is -1.86. The Labute approximate surface area is 119 Å². The largest absolute Gasteiger partial charge is 0.381 e. The maximum absolute atomic E-state index is 11.7. The number of nitrogens with one attached hydrogen (secondary N) is 1. The SMILES string of the molecule is N#Cc1cccc(NC(=O)CCOCC2CCCC2)c1. The van der Waals surface area contributed by atoms with Crippen LogP contribution in [0.1, 0.15) is 37.7 Å². The van der Waals surface area contributed by atoms with E-state index >= 15 is 0 Å². The van der Waals surface area contributed by atoms with Crippen molar-refractivity contribution in [1.29, 1.82) is 5.26 Å². The van der Waals surface area contributed by atoms with Crippen molar-refractivity contribution in [2.45, 2.75) is 32.1 Å². The summed E-state index contributed by atoms with van der Waals surface area (Å²) >= 11 is 0. The summed E-state index contributed by atoms with van der Waals surface area (Å²) in [4.78, 5) is 11.7. The first-order valence-electron chi connectivity index (χ1n) is 7.15. The fourth-order valence-electron chi connectivity index (χ4n) is 2.48. The molecule has 0 radical (unpaired) electrons.